The van der Waals surface area contributed by atoms with Crippen molar-refractivity contribution in [3.05, 3.63) is 76.8 Å². The highest BCUT2D eigenvalue weighted by Gasteiger charge is 2.50. The molecule has 278 valence electrons. The number of nitrogens with one attached hydrogen (secondary N) is 3. The second kappa shape index (κ2) is 16.9. The molecule has 1 saturated heterocycles. The first-order chi connectivity index (χ1) is 24.7. The molecule has 1 saturated carbocycles. The zero-order valence-corrected chi connectivity index (χ0v) is 31.4. The monoisotopic (exact) mass is 777 g/mol. The predicted molar refractivity (Wildman–Crippen MR) is 200 cm³/mol. The van der Waals surface area contributed by atoms with Gasteiger partial charge in [0.1, 0.15) is 17.8 Å². The third-order valence-corrected chi connectivity index (χ3v) is 10.1. The lowest BCUT2D eigenvalue weighted by Gasteiger charge is -2.37. The van der Waals surface area contributed by atoms with E-state index in [0.29, 0.717) is 18.6 Å². The van der Waals surface area contributed by atoms with Crippen molar-refractivity contribution in [2.24, 2.45) is 11.7 Å². The highest BCUT2D eigenvalue weighted by atomic mass is 79.9. The average molecular weight is 779 g/mol. The maximum Gasteiger partial charge on any atom is 0.258 e. The minimum Gasteiger partial charge on any atom is -0.484 e. The molecular weight excluding hydrogens is 730 g/mol. The maximum atomic E-state index is 14.3. The molecule has 0 bridgehead atoms. The summed E-state index contributed by atoms with van der Waals surface area (Å²) >= 11 is 3.44. The summed E-state index contributed by atoms with van der Waals surface area (Å²) in [6, 6.07) is 16.5. The SMILES string of the molecule is CC(C)(C)NC(=O)[C@@H]1C[C@@H]2CCCC[C@@H]2N1C(=O)[C@@H](O)[C@H](Cc1ccccc1)NC(=O)[C@H](CC(N)=O)NC(=O)COc1ccc2cc(Br)ccc2c1. The van der Waals surface area contributed by atoms with Crippen LogP contribution in [0.15, 0.2) is 71.2 Å². The Bertz CT molecular complexity index is 1780. The molecule has 6 N–H and O–H groups in total. The van der Waals surface area contributed by atoms with E-state index in [2.05, 4.69) is 31.9 Å². The van der Waals surface area contributed by atoms with Crippen LogP contribution in [0.1, 0.15) is 64.9 Å². The van der Waals surface area contributed by atoms with Crippen molar-refractivity contribution in [2.75, 3.05) is 6.61 Å². The number of amides is 5. The van der Waals surface area contributed by atoms with Crippen LogP contribution in [0.3, 0.4) is 0 Å². The molecule has 3 aromatic rings. The number of halogens is 1. The van der Waals surface area contributed by atoms with Crippen LogP contribution in [-0.4, -0.2) is 82.0 Å². The van der Waals surface area contributed by atoms with Gasteiger partial charge >= 0.3 is 0 Å². The Morgan fingerprint density at radius 2 is 1.65 bits per heavy atom. The molecule has 52 heavy (non-hydrogen) atoms. The Labute approximate surface area is 312 Å². The molecule has 2 aliphatic rings. The molecule has 3 aromatic carbocycles. The van der Waals surface area contributed by atoms with Crippen LogP contribution in [0.25, 0.3) is 10.8 Å². The predicted octanol–water partition coefficient (Wildman–Crippen LogP) is 3.50. The van der Waals surface area contributed by atoms with Gasteiger partial charge in [0.05, 0.1) is 12.5 Å². The van der Waals surface area contributed by atoms with Gasteiger partial charge in [0.15, 0.2) is 12.7 Å². The third-order valence-electron chi connectivity index (χ3n) is 9.60. The fraction of sp³-hybridized carbons (Fsp3) is 0.462. The number of likely N-dealkylation sites (tertiary alicyclic amines) is 1. The molecule has 1 aliphatic heterocycles. The van der Waals surface area contributed by atoms with E-state index in [-0.39, 0.29) is 24.3 Å². The lowest BCUT2D eigenvalue weighted by atomic mass is 9.84. The number of benzene rings is 3. The molecule has 12 nitrogen and oxygen atoms in total. The summed E-state index contributed by atoms with van der Waals surface area (Å²) in [5.41, 5.74) is 5.68. The molecule has 5 amide bonds. The number of nitrogens with zero attached hydrogens (tertiary/aromatic N) is 1. The quantitative estimate of drug-likeness (QED) is 0.176. The van der Waals surface area contributed by atoms with Crippen LogP contribution in [0.5, 0.6) is 5.75 Å². The number of primary amides is 1. The van der Waals surface area contributed by atoms with Gasteiger partial charge in [-0.1, -0.05) is 71.2 Å². The van der Waals surface area contributed by atoms with E-state index in [1.807, 2.05) is 51.1 Å². The number of ether oxygens (including phenoxy) is 1. The number of rotatable bonds is 13. The minimum absolute atomic E-state index is 0.0547. The van der Waals surface area contributed by atoms with E-state index in [4.69, 9.17) is 10.5 Å². The van der Waals surface area contributed by atoms with Gasteiger partial charge in [-0.25, -0.2) is 0 Å². The number of hydrogen-bond acceptors (Lipinski definition) is 7. The first-order valence-electron chi connectivity index (χ1n) is 17.7. The zero-order chi connectivity index (χ0) is 37.6. The summed E-state index contributed by atoms with van der Waals surface area (Å²) in [5.74, 6) is -2.71. The lowest BCUT2D eigenvalue weighted by Crippen LogP contribution is -2.60. The number of aliphatic hydroxyl groups is 1. The smallest absolute Gasteiger partial charge is 0.258 e. The summed E-state index contributed by atoms with van der Waals surface area (Å²) in [6.45, 7) is 5.16. The summed E-state index contributed by atoms with van der Waals surface area (Å²) in [5, 5.41) is 21.9. The molecule has 0 unspecified atom stereocenters. The summed E-state index contributed by atoms with van der Waals surface area (Å²) in [7, 11) is 0. The molecule has 6 atom stereocenters. The van der Waals surface area contributed by atoms with Gasteiger partial charge < -0.3 is 36.4 Å². The normalized spacial score (nSPS) is 20.2. The molecule has 0 radical (unpaired) electrons. The molecule has 5 rings (SSSR count). The largest absolute Gasteiger partial charge is 0.484 e. The van der Waals surface area contributed by atoms with Gasteiger partial charge in [0, 0.05) is 16.1 Å². The first kappa shape index (κ1) is 38.7. The maximum absolute atomic E-state index is 14.3. The second-order valence-corrected chi connectivity index (χ2v) is 15.7. The van der Waals surface area contributed by atoms with Crippen LogP contribution in [0, 0.1) is 5.92 Å². The van der Waals surface area contributed by atoms with Crippen molar-refractivity contribution in [1.82, 2.24) is 20.9 Å². The van der Waals surface area contributed by atoms with Crippen LogP contribution >= 0.6 is 15.9 Å². The second-order valence-electron chi connectivity index (χ2n) is 14.8. The summed E-state index contributed by atoms with van der Waals surface area (Å²) in [6.07, 6.45) is 1.77. The van der Waals surface area contributed by atoms with Gasteiger partial charge in [-0.3, -0.25) is 24.0 Å². The number of nitrogens with two attached hydrogens (primary N) is 1. The Hall–Kier alpha value is -4.49. The minimum atomic E-state index is -1.74. The van der Waals surface area contributed by atoms with Crippen LogP contribution in [0.2, 0.25) is 0 Å². The number of aliphatic hydroxyl groups excluding tert-OH is 1. The molecule has 0 aromatic heterocycles. The van der Waals surface area contributed by atoms with E-state index in [0.717, 1.165) is 40.1 Å². The molecule has 1 heterocycles. The van der Waals surface area contributed by atoms with E-state index in [1.165, 1.54) is 4.90 Å². The molecule has 0 spiro atoms. The van der Waals surface area contributed by atoms with Crippen LogP contribution in [-0.2, 0) is 30.4 Å². The molecule has 2 fully saturated rings. The molecule has 1 aliphatic carbocycles. The summed E-state index contributed by atoms with van der Waals surface area (Å²) < 4.78 is 6.61. The van der Waals surface area contributed by atoms with Crippen molar-refractivity contribution >= 4 is 56.2 Å². The van der Waals surface area contributed by atoms with Gasteiger partial charge in [-0.2, -0.15) is 0 Å². The van der Waals surface area contributed by atoms with Crippen LogP contribution < -0.4 is 26.4 Å². The van der Waals surface area contributed by atoms with E-state index in [9.17, 15) is 29.1 Å². The highest BCUT2D eigenvalue weighted by Crippen LogP contribution is 2.40. The number of hydrogen-bond donors (Lipinski definition) is 5. The number of fused-ring (bicyclic) bond motifs is 2. The van der Waals surface area contributed by atoms with Gasteiger partial charge in [0.2, 0.25) is 17.7 Å². The highest BCUT2D eigenvalue weighted by molar-refractivity contribution is 9.10. The van der Waals surface area contributed by atoms with E-state index < -0.39 is 66.4 Å². The first-order valence-corrected chi connectivity index (χ1v) is 18.5. The fourth-order valence-corrected chi connectivity index (χ4v) is 7.64. The van der Waals surface area contributed by atoms with E-state index in [1.54, 1.807) is 36.4 Å². The molecule has 13 heteroatoms. The average Bonchev–Trinajstić information content (AvgIpc) is 3.49. The standard InChI is InChI=1S/C39H48BrN5O7/c1-39(2,3)44-37(50)32-20-26-11-7-8-12-31(26)45(32)38(51)35(48)29(17-23-9-5-4-6-10-23)43-36(49)30(21-33(41)46)42-34(47)22-52-28-16-14-24-18-27(40)15-13-25(24)19-28/h4-6,9-10,13-16,18-19,26,29-32,35,48H,7-8,11-12,17,20-22H2,1-3H3,(H2,41,46)(H,42,47)(H,43,49)(H,44,50)/t26-,29-,30-,31-,32-,35-/m0/s1. The lowest BCUT2D eigenvalue weighted by molar-refractivity contribution is -0.150. The van der Waals surface area contributed by atoms with Crippen LogP contribution in [0.4, 0.5) is 0 Å². The van der Waals surface area contributed by atoms with E-state index >= 15 is 0 Å². The van der Waals surface area contributed by atoms with Crippen molar-refractivity contribution in [3.63, 3.8) is 0 Å². The van der Waals surface area contributed by atoms with Crippen molar-refractivity contribution < 1.29 is 33.8 Å². The Balaban J connectivity index is 1.33. The number of carbonyl (C=O) groups is 5. The Morgan fingerprint density at radius 3 is 2.37 bits per heavy atom. The van der Waals surface area contributed by atoms with Gasteiger partial charge in [0.25, 0.3) is 11.8 Å². The number of carbonyl (C=O) groups excluding carboxylic acids is 5. The topological polar surface area (TPSA) is 180 Å². The summed E-state index contributed by atoms with van der Waals surface area (Å²) in [4.78, 5) is 68.3. The van der Waals surface area contributed by atoms with Crippen molar-refractivity contribution in [2.45, 2.75) is 102 Å². The third kappa shape index (κ3) is 10.1. The van der Waals surface area contributed by atoms with Gasteiger partial charge in [-0.05, 0) is 93.0 Å². The molecular formula is C39H48BrN5O7. The Morgan fingerprint density at radius 1 is 0.962 bits per heavy atom. The zero-order valence-electron chi connectivity index (χ0n) is 29.8. The van der Waals surface area contributed by atoms with Crippen molar-refractivity contribution in [3.8, 4) is 5.75 Å². The van der Waals surface area contributed by atoms with Gasteiger partial charge in [-0.15, -0.1) is 0 Å². The fourth-order valence-electron chi connectivity index (χ4n) is 7.26. The van der Waals surface area contributed by atoms with Crippen molar-refractivity contribution in [1.29, 1.82) is 0 Å². The Kier molecular flexibility index (Phi) is 12.6.